The molecule has 0 unspecified atom stereocenters. The van der Waals surface area contributed by atoms with E-state index >= 15 is 0 Å². The number of ketones is 1. The molecular weight excluding hydrogens is 216 g/mol. The van der Waals surface area contributed by atoms with Gasteiger partial charge in [-0.05, 0) is 25.7 Å². The zero-order valence-electron chi connectivity index (χ0n) is 10.7. The topological polar surface area (TPSA) is 17.1 Å². The summed E-state index contributed by atoms with van der Waals surface area (Å²) in [6, 6.07) is 7.72. The molecule has 0 spiro atoms. The average molecular weight is 236 g/mol. The molecule has 0 saturated carbocycles. The van der Waals surface area contributed by atoms with Gasteiger partial charge < -0.3 is 0 Å². The largest absolute Gasteiger partial charge is 0.295 e. The molecule has 0 aliphatic carbocycles. The van der Waals surface area contributed by atoms with Gasteiger partial charge in [-0.3, -0.25) is 4.79 Å². The lowest BCUT2D eigenvalue weighted by molar-refractivity contribution is 0.101. The first kappa shape index (κ1) is 15.0. The number of hydrogen-bond acceptors (Lipinski definition) is 2. The van der Waals surface area contributed by atoms with Crippen LogP contribution in [0.5, 0.6) is 0 Å². The van der Waals surface area contributed by atoms with Gasteiger partial charge in [0, 0.05) is 10.5 Å². The maximum absolute atomic E-state index is 11.0. The Hall–Kier alpha value is -1.02. The van der Waals surface area contributed by atoms with Gasteiger partial charge >= 0.3 is 0 Å². The van der Waals surface area contributed by atoms with Crippen molar-refractivity contribution in [2.45, 2.75) is 27.7 Å². The van der Waals surface area contributed by atoms with Crippen molar-refractivity contribution >= 4 is 22.5 Å². The minimum absolute atomic E-state index is 0.114. The molecule has 2 heteroatoms. The van der Waals surface area contributed by atoms with Crippen LogP contribution in [0, 0.1) is 0 Å². The fourth-order valence-corrected chi connectivity index (χ4v) is 1.88. The van der Waals surface area contributed by atoms with Gasteiger partial charge in [0.1, 0.15) is 0 Å². The van der Waals surface area contributed by atoms with E-state index in [4.69, 9.17) is 0 Å². The second-order valence-corrected chi connectivity index (χ2v) is 3.84. The van der Waals surface area contributed by atoms with Crippen molar-refractivity contribution in [1.29, 1.82) is 0 Å². The third-order valence-electron chi connectivity index (χ3n) is 2.06. The van der Waals surface area contributed by atoms with E-state index in [9.17, 15) is 4.79 Å². The summed E-state index contributed by atoms with van der Waals surface area (Å²) in [5, 5.41) is 0. The second-order valence-electron chi connectivity index (χ2n) is 2.99. The highest BCUT2D eigenvalue weighted by atomic mass is 32.2. The third kappa shape index (κ3) is 4.23. The van der Waals surface area contributed by atoms with Crippen molar-refractivity contribution in [3.8, 4) is 0 Å². The Labute approximate surface area is 103 Å². The van der Waals surface area contributed by atoms with Crippen molar-refractivity contribution in [2.75, 3.05) is 6.26 Å². The lowest BCUT2D eigenvalue weighted by Gasteiger charge is -2.03. The molecule has 0 radical (unpaired) electrons. The maximum atomic E-state index is 11.0. The predicted molar refractivity (Wildman–Crippen MR) is 75.0 cm³/mol. The number of allylic oxidation sites excluding steroid dienone is 1. The molecular formula is C14H20OS. The summed E-state index contributed by atoms with van der Waals surface area (Å²) >= 11 is 1.71. The van der Waals surface area contributed by atoms with E-state index in [0.29, 0.717) is 0 Å². The van der Waals surface area contributed by atoms with E-state index in [-0.39, 0.29) is 5.78 Å². The number of carbonyl (C=O) groups excluding carboxylic acids is 1. The van der Waals surface area contributed by atoms with Crippen LogP contribution < -0.4 is 0 Å². The molecule has 0 atom stereocenters. The van der Waals surface area contributed by atoms with Crippen LogP contribution in [0.25, 0.3) is 4.91 Å². The maximum Gasteiger partial charge on any atom is 0.159 e. The fourth-order valence-electron chi connectivity index (χ4n) is 1.27. The van der Waals surface area contributed by atoms with Crippen molar-refractivity contribution in [2.24, 2.45) is 0 Å². The predicted octanol–water partition coefficient (Wildman–Crippen LogP) is 4.64. The van der Waals surface area contributed by atoms with Crippen LogP contribution in [0.1, 0.15) is 43.6 Å². The molecule has 0 fully saturated rings. The van der Waals surface area contributed by atoms with Gasteiger partial charge in [-0.2, -0.15) is 0 Å². The Balaban J connectivity index is 0.00000106. The number of benzene rings is 1. The van der Waals surface area contributed by atoms with Gasteiger partial charge in [-0.25, -0.2) is 0 Å². The van der Waals surface area contributed by atoms with Crippen molar-refractivity contribution in [3.63, 3.8) is 0 Å². The molecule has 88 valence electrons. The Morgan fingerprint density at radius 1 is 1.12 bits per heavy atom. The first-order valence-corrected chi connectivity index (χ1v) is 6.73. The average Bonchev–Trinajstić information content (AvgIpc) is 2.34. The molecule has 0 saturated heterocycles. The van der Waals surface area contributed by atoms with Crippen LogP contribution in [0.15, 0.2) is 30.3 Å². The third-order valence-corrected chi connectivity index (χ3v) is 2.97. The quantitative estimate of drug-likeness (QED) is 0.711. The molecule has 1 nitrogen and oxygen atoms in total. The SMILES string of the molecule is C/C=C(/SC)c1ccc(C(C)=O)cc1.CC. The van der Waals surface area contributed by atoms with Crippen LogP contribution in [0.2, 0.25) is 0 Å². The van der Waals surface area contributed by atoms with Crippen molar-refractivity contribution in [1.82, 2.24) is 0 Å². The molecule has 0 amide bonds. The van der Waals surface area contributed by atoms with E-state index in [1.165, 1.54) is 10.5 Å². The number of hydrogen-bond donors (Lipinski definition) is 0. The molecule has 0 aromatic heterocycles. The molecule has 0 aliphatic rings. The Kier molecular flexibility index (Phi) is 7.65. The zero-order chi connectivity index (χ0) is 12.6. The summed E-state index contributed by atoms with van der Waals surface area (Å²) < 4.78 is 0. The van der Waals surface area contributed by atoms with Crippen LogP contribution in [0.4, 0.5) is 0 Å². The summed E-state index contributed by atoms with van der Waals surface area (Å²) in [6.45, 7) is 7.60. The summed E-state index contributed by atoms with van der Waals surface area (Å²) in [6.07, 6.45) is 4.13. The number of thioether (sulfide) groups is 1. The van der Waals surface area contributed by atoms with Gasteiger partial charge in [0.25, 0.3) is 0 Å². The summed E-state index contributed by atoms with van der Waals surface area (Å²) in [4.78, 5) is 12.3. The Morgan fingerprint density at radius 3 is 1.88 bits per heavy atom. The van der Waals surface area contributed by atoms with Gasteiger partial charge in [0.15, 0.2) is 5.78 Å². The number of Topliss-reactive ketones (excluding diaryl/α,β-unsaturated/α-hetero) is 1. The molecule has 0 bridgehead atoms. The first-order valence-electron chi connectivity index (χ1n) is 5.50. The minimum atomic E-state index is 0.114. The summed E-state index contributed by atoms with van der Waals surface area (Å²) in [5.41, 5.74) is 1.94. The van der Waals surface area contributed by atoms with Crippen LogP contribution in [-0.2, 0) is 0 Å². The van der Waals surface area contributed by atoms with Crippen LogP contribution in [0.3, 0.4) is 0 Å². The monoisotopic (exact) mass is 236 g/mol. The highest BCUT2D eigenvalue weighted by Crippen LogP contribution is 2.24. The van der Waals surface area contributed by atoms with Gasteiger partial charge in [-0.1, -0.05) is 44.2 Å². The van der Waals surface area contributed by atoms with Crippen molar-refractivity contribution in [3.05, 3.63) is 41.5 Å². The lowest BCUT2D eigenvalue weighted by Crippen LogP contribution is -1.91. The number of carbonyl (C=O) groups is 1. The van der Waals surface area contributed by atoms with Gasteiger partial charge in [-0.15, -0.1) is 11.8 Å². The van der Waals surface area contributed by atoms with Crippen LogP contribution in [-0.4, -0.2) is 12.0 Å². The van der Waals surface area contributed by atoms with E-state index in [2.05, 4.69) is 6.08 Å². The molecule has 1 rings (SSSR count). The Bertz CT molecular complexity index is 350. The highest BCUT2D eigenvalue weighted by Gasteiger charge is 2.01. The fraction of sp³-hybridized carbons (Fsp3) is 0.357. The van der Waals surface area contributed by atoms with Crippen LogP contribution >= 0.6 is 11.8 Å². The second kappa shape index (κ2) is 8.17. The standard InChI is InChI=1S/C12H14OS.C2H6/c1-4-12(14-3)11-7-5-10(6-8-11)9(2)13;1-2/h4-8H,1-3H3;1-2H3/b12-4+;. The smallest absolute Gasteiger partial charge is 0.159 e. The van der Waals surface area contributed by atoms with Gasteiger partial charge in [0.2, 0.25) is 0 Å². The van der Waals surface area contributed by atoms with Gasteiger partial charge in [0.05, 0.1) is 0 Å². The van der Waals surface area contributed by atoms with Crippen molar-refractivity contribution < 1.29 is 4.79 Å². The minimum Gasteiger partial charge on any atom is -0.295 e. The van der Waals surface area contributed by atoms with E-state index < -0.39 is 0 Å². The number of rotatable bonds is 3. The Morgan fingerprint density at radius 2 is 1.56 bits per heavy atom. The summed E-state index contributed by atoms with van der Waals surface area (Å²) in [5.74, 6) is 0.114. The van der Waals surface area contributed by atoms with E-state index in [1.807, 2.05) is 51.3 Å². The zero-order valence-corrected chi connectivity index (χ0v) is 11.5. The molecule has 0 N–H and O–H groups in total. The van der Waals surface area contributed by atoms with E-state index in [1.54, 1.807) is 18.7 Å². The first-order chi connectivity index (χ1) is 7.69. The molecule has 1 aromatic carbocycles. The molecule has 1 aromatic rings. The molecule has 0 heterocycles. The molecule has 16 heavy (non-hydrogen) atoms. The highest BCUT2D eigenvalue weighted by molar-refractivity contribution is 8.07. The molecule has 0 aliphatic heterocycles. The normalized spacial score (nSPS) is 10.4. The van der Waals surface area contributed by atoms with E-state index in [0.717, 1.165) is 5.56 Å². The lowest BCUT2D eigenvalue weighted by atomic mass is 10.1. The summed E-state index contributed by atoms with van der Waals surface area (Å²) in [7, 11) is 0.